The van der Waals surface area contributed by atoms with Crippen LogP contribution in [0.25, 0.3) is 0 Å². The summed E-state index contributed by atoms with van der Waals surface area (Å²) >= 11 is 0. The Morgan fingerprint density at radius 3 is 2.94 bits per heavy atom. The van der Waals surface area contributed by atoms with Crippen molar-refractivity contribution in [2.75, 3.05) is 11.1 Å². The minimum atomic E-state index is -0.360. The van der Waals surface area contributed by atoms with E-state index in [0.29, 0.717) is 11.5 Å². The van der Waals surface area contributed by atoms with Gasteiger partial charge in [0, 0.05) is 13.2 Å². The van der Waals surface area contributed by atoms with E-state index in [1.54, 1.807) is 19.2 Å². The van der Waals surface area contributed by atoms with Crippen LogP contribution in [0, 0.1) is 0 Å². The number of pyridine rings is 1. The molecule has 0 aliphatic carbocycles. The van der Waals surface area contributed by atoms with Gasteiger partial charge < -0.3 is 5.73 Å². The standard InChI is InChI=1S/C9H10N6O/c1-15-9(12-5-13-15)14-8(16)6-3-2-4-11-7(6)10/h2-5H,1H3,(H2,10,11)(H,12,13,14,16). The maximum Gasteiger partial charge on any atom is 0.261 e. The maximum atomic E-state index is 11.8. The van der Waals surface area contributed by atoms with Crippen molar-refractivity contribution in [2.45, 2.75) is 0 Å². The molecule has 0 bridgehead atoms. The lowest BCUT2D eigenvalue weighted by atomic mass is 10.2. The van der Waals surface area contributed by atoms with Gasteiger partial charge in [-0.25, -0.2) is 9.67 Å². The highest BCUT2D eigenvalue weighted by molar-refractivity contribution is 6.06. The molecule has 0 unspecified atom stereocenters. The smallest absolute Gasteiger partial charge is 0.261 e. The lowest BCUT2D eigenvalue weighted by Gasteiger charge is -2.05. The average Bonchev–Trinajstić information content (AvgIpc) is 2.65. The first-order valence-electron chi connectivity index (χ1n) is 4.54. The molecule has 7 nitrogen and oxygen atoms in total. The van der Waals surface area contributed by atoms with Crippen molar-refractivity contribution in [2.24, 2.45) is 7.05 Å². The van der Waals surface area contributed by atoms with E-state index in [0.717, 1.165) is 0 Å². The molecule has 0 aromatic carbocycles. The Kier molecular flexibility index (Phi) is 2.50. The first-order valence-corrected chi connectivity index (χ1v) is 4.54. The predicted molar refractivity (Wildman–Crippen MR) is 57.6 cm³/mol. The molecule has 0 aliphatic heterocycles. The van der Waals surface area contributed by atoms with Gasteiger partial charge in [-0.05, 0) is 12.1 Å². The number of aromatic nitrogens is 4. The van der Waals surface area contributed by atoms with Crippen LogP contribution in [0.4, 0.5) is 11.8 Å². The van der Waals surface area contributed by atoms with Crippen LogP contribution >= 0.6 is 0 Å². The van der Waals surface area contributed by atoms with Crippen LogP contribution < -0.4 is 11.1 Å². The number of nitrogens with one attached hydrogen (secondary N) is 1. The van der Waals surface area contributed by atoms with E-state index in [-0.39, 0.29) is 11.7 Å². The molecule has 0 fully saturated rings. The van der Waals surface area contributed by atoms with Crippen LogP contribution in [-0.4, -0.2) is 25.7 Å². The van der Waals surface area contributed by atoms with Crippen molar-refractivity contribution >= 4 is 17.7 Å². The van der Waals surface area contributed by atoms with Crippen LogP contribution in [0.15, 0.2) is 24.7 Å². The van der Waals surface area contributed by atoms with Crippen molar-refractivity contribution in [1.29, 1.82) is 0 Å². The Balaban J connectivity index is 2.22. The lowest BCUT2D eigenvalue weighted by molar-refractivity contribution is 0.102. The second kappa shape index (κ2) is 3.97. The second-order valence-electron chi connectivity index (χ2n) is 3.10. The molecule has 0 saturated carbocycles. The zero-order chi connectivity index (χ0) is 11.5. The SMILES string of the molecule is Cn1ncnc1NC(=O)c1cccnc1N. The van der Waals surface area contributed by atoms with Crippen LogP contribution in [-0.2, 0) is 7.05 Å². The summed E-state index contributed by atoms with van der Waals surface area (Å²) in [6, 6.07) is 3.23. The van der Waals surface area contributed by atoms with Crippen molar-refractivity contribution in [3.8, 4) is 0 Å². The summed E-state index contributed by atoms with van der Waals surface area (Å²) in [4.78, 5) is 19.5. The van der Waals surface area contributed by atoms with Crippen molar-refractivity contribution in [3.63, 3.8) is 0 Å². The molecule has 2 heterocycles. The van der Waals surface area contributed by atoms with Crippen LogP contribution in [0.2, 0.25) is 0 Å². The summed E-state index contributed by atoms with van der Waals surface area (Å²) in [5.41, 5.74) is 5.88. The number of nitrogens with two attached hydrogens (primary N) is 1. The summed E-state index contributed by atoms with van der Waals surface area (Å²) in [5, 5.41) is 6.41. The summed E-state index contributed by atoms with van der Waals surface area (Å²) in [6.07, 6.45) is 2.87. The largest absolute Gasteiger partial charge is 0.383 e. The van der Waals surface area contributed by atoms with Gasteiger partial charge in [0.2, 0.25) is 5.95 Å². The Morgan fingerprint density at radius 1 is 1.50 bits per heavy atom. The molecule has 2 aromatic heterocycles. The fourth-order valence-electron chi connectivity index (χ4n) is 1.19. The number of amides is 1. The fourth-order valence-corrected chi connectivity index (χ4v) is 1.19. The number of nitrogens with zero attached hydrogens (tertiary/aromatic N) is 4. The van der Waals surface area contributed by atoms with Gasteiger partial charge in [-0.3, -0.25) is 10.1 Å². The minimum Gasteiger partial charge on any atom is -0.383 e. The number of hydrogen-bond acceptors (Lipinski definition) is 5. The van der Waals surface area contributed by atoms with Gasteiger partial charge in [0.05, 0.1) is 5.56 Å². The van der Waals surface area contributed by atoms with Gasteiger partial charge in [-0.15, -0.1) is 0 Å². The van der Waals surface area contributed by atoms with E-state index in [4.69, 9.17) is 5.73 Å². The summed E-state index contributed by atoms with van der Waals surface area (Å²) in [6.45, 7) is 0. The van der Waals surface area contributed by atoms with E-state index < -0.39 is 0 Å². The molecule has 0 aliphatic rings. The van der Waals surface area contributed by atoms with Gasteiger partial charge >= 0.3 is 0 Å². The zero-order valence-corrected chi connectivity index (χ0v) is 8.58. The van der Waals surface area contributed by atoms with Gasteiger partial charge in [0.25, 0.3) is 5.91 Å². The highest BCUT2D eigenvalue weighted by Crippen LogP contribution is 2.09. The normalized spacial score (nSPS) is 10.1. The van der Waals surface area contributed by atoms with Crippen LogP contribution in [0.5, 0.6) is 0 Å². The van der Waals surface area contributed by atoms with E-state index >= 15 is 0 Å². The molecule has 82 valence electrons. The molecule has 0 spiro atoms. The predicted octanol–water partition coefficient (Wildman–Crippen LogP) is 0.0446. The average molecular weight is 218 g/mol. The molecule has 7 heteroatoms. The Morgan fingerprint density at radius 2 is 2.31 bits per heavy atom. The number of aryl methyl sites for hydroxylation is 1. The molecule has 0 atom stereocenters. The van der Waals surface area contributed by atoms with Gasteiger partial charge in [-0.2, -0.15) is 10.1 Å². The molecule has 1 amide bonds. The van der Waals surface area contributed by atoms with Crippen LogP contribution in [0.1, 0.15) is 10.4 Å². The number of hydrogen-bond donors (Lipinski definition) is 2. The van der Waals surface area contributed by atoms with Gasteiger partial charge in [0.15, 0.2) is 0 Å². The zero-order valence-electron chi connectivity index (χ0n) is 8.58. The number of rotatable bonds is 2. The molecule has 2 rings (SSSR count). The first-order chi connectivity index (χ1) is 7.68. The van der Waals surface area contributed by atoms with Crippen molar-refractivity contribution < 1.29 is 4.79 Å². The summed E-state index contributed by atoms with van der Waals surface area (Å²) in [5.74, 6) is 0.178. The van der Waals surface area contributed by atoms with E-state index in [2.05, 4.69) is 20.4 Å². The second-order valence-corrected chi connectivity index (χ2v) is 3.10. The monoisotopic (exact) mass is 218 g/mol. The molecule has 0 radical (unpaired) electrons. The summed E-state index contributed by atoms with van der Waals surface area (Å²) < 4.78 is 1.45. The van der Waals surface area contributed by atoms with Crippen LogP contribution in [0.3, 0.4) is 0 Å². The molecule has 2 aromatic rings. The highest BCUT2D eigenvalue weighted by atomic mass is 16.1. The molecule has 0 saturated heterocycles. The number of nitrogen functional groups attached to an aromatic ring is 1. The molecular formula is C9H10N6O. The van der Waals surface area contributed by atoms with Crippen molar-refractivity contribution in [1.82, 2.24) is 19.7 Å². The van der Waals surface area contributed by atoms with E-state index in [1.807, 2.05) is 0 Å². The molecular weight excluding hydrogens is 208 g/mol. The van der Waals surface area contributed by atoms with Gasteiger partial charge in [0.1, 0.15) is 12.1 Å². The third kappa shape index (κ3) is 1.83. The number of carbonyl (C=O) groups excluding carboxylic acids is 1. The Labute approximate surface area is 91.3 Å². The number of anilines is 2. The van der Waals surface area contributed by atoms with Crippen molar-refractivity contribution in [3.05, 3.63) is 30.2 Å². The van der Waals surface area contributed by atoms with E-state index in [1.165, 1.54) is 17.2 Å². The Bertz CT molecular complexity index is 520. The number of carbonyl (C=O) groups is 1. The molecule has 3 N–H and O–H groups in total. The lowest BCUT2D eigenvalue weighted by Crippen LogP contribution is -2.17. The third-order valence-corrected chi connectivity index (χ3v) is 2.02. The van der Waals surface area contributed by atoms with E-state index in [9.17, 15) is 4.79 Å². The fraction of sp³-hybridized carbons (Fsp3) is 0.111. The third-order valence-electron chi connectivity index (χ3n) is 2.02. The van der Waals surface area contributed by atoms with Gasteiger partial charge in [-0.1, -0.05) is 0 Å². The topological polar surface area (TPSA) is 98.7 Å². The molecule has 16 heavy (non-hydrogen) atoms. The first kappa shape index (κ1) is 10.1. The Hall–Kier alpha value is -2.44. The highest BCUT2D eigenvalue weighted by Gasteiger charge is 2.12. The maximum absolute atomic E-state index is 11.8. The quantitative estimate of drug-likeness (QED) is 0.741. The minimum absolute atomic E-state index is 0.183. The summed E-state index contributed by atoms with van der Waals surface area (Å²) in [7, 11) is 1.68.